The molecule has 0 unspecified atom stereocenters. The number of carbonyl (C=O) groups excluding carboxylic acids is 2. The van der Waals surface area contributed by atoms with E-state index in [0.717, 1.165) is 10.6 Å². The summed E-state index contributed by atoms with van der Waals surface area (Å²) in [6.07, 6.45) is 3.07. The normalized spacial score (nSPS) is 10.5. The molecule has 0 aliphatic rings. The Kier molecular flexibility index (Phi) is 6.67. The summed E-state index contributed by atoms with van der Waals surface area (Å²) < 4.78 is 5.40. The van der Waals surface area contributed by atoms with Crippen molar-refractivity contribution >= 4 is 46.1 Å². The van der Waals surface area contributed by atoms with Crippen molar-refractivity contribution in [2.75, 3.05) is 17.7 Å². The zero-order chi connectivity index (χ0) is 23.4. The molecule has 0 aliphatic heterocycles. The number of aryl methyl sites for hydroxylation is 1. The molecule has 2 aromatic heterocycles. The Labute approximate surface area is 199 Å². The van der Waals surface area contributed by atoms with E-state index in [1.807, 2.05) is 12.1 Å². The van der Waals surface area contributed by atoms with Crippen molar-refractivity contribution in [1.29, 1.82) is 0 Å². The van der Waals surface area contributed by atoms with Crippen LogP contribution in [0.4, 0.5) is 11.4 Å². The smallest absolute Gasteiger partial charge is 0.267 e. The molecule has 0 spiro atoms. The number of hydrogen-bond donors (Lipinski definition) is 2. The van der Waals surface area contributed by atoms with Crippen molar-refractivity contribution in [2.45, 2.75) is 6.92 Å². The van der Waals surface area contributed by atoms with Crippen molar-refractivity contribution in [3.8, 4) is 16.3 Å². The van der Waals surface area contributed by atoms with Gasteiger partial charge in [0, 0.05) is 34.7 Å². The van der Waals surface area contributed by atoms with Crippen LogP contribution in [0.15, 0.2) is 67.0 Å². The van der Waals surface area contributed by atoms with Crippen LogP contribution in [0.1, 0.15) is 25.7 Å². The molecular formula is C24H19ClN4O3S. The quantitative estimate of drug-likeness (QED) is 0.372. The van der Waals surface area contributed by atoms with E-state index < -0.39 is 0 Å². The van der Waals surface area contributed by atoms with Gasteiger partial charge in [0.05, 0.1) is 24.1 Å². The second kappa shape index (κ2) is 9.81. The lowest BCUT2D eigenvalue weighted by atomic mass is 10.2. The number of methoxy groups -OCH3 is 1. The number of thiazole rings is 1. The molecule has 0 saturated carbocycles. The SMILES string of the molecule is COc1cc(NC(=O)c2sc(-c3ccc(Cl)cc3)nc2C)ccc1NC(=O)c1cccnc1. The molecule has 0 aliphatic carbocycles. The summed E-state index contributed by atoms with van der Waals surface area (Å²) in [7, 11) is 1.49. The Morgan fingerprint density at radius 1 is 1.03 bits per heavy atom. The first kappa shape index (κ1) is 22.4. The molecule has 0 fully saturated rings. The van der Waals surface area contributed by atoms with Crippen LogP contribution in [-0.2, 0) is 0 Å². The van der Waals surface area contributed by atoms with E-state index in [-0.39, 0.29) is 11.8 Å². The van der Waals surface area contributed by atoms with Gasteiger partial charge in [0.15, 0.2) is 0 Å². The number of aromatic nitrogens is 2. The first-order chi connectivity index (χ1) is 15.9. The van der Waals surface area contributed by atoms with Crippen LogP contribution in [0.5, 0.6) is 5.75 Å². The van der Waals surface area contributed by atoms with Crippen LogP contribution in [0.3, 0.4) is 0 Å². The fourth-order valence-electron chi connectivity index (χ4n) is 3.07. The molecule has 2 heterocycles. The summed E-state index contributed by atoms with van der Waals surface area (Å²) in [5.74, 6) is -0.180. The molecule has 2 aromatic carbocycles. The summed E-state index contributed by atoms with van der Waals surface area (Å²) in [5, 5.41) is 7.03. The molecule has 2 amide bonds. The lowest BCUT2D eigenvalue weighted by Gasteiger charge is -2.12. The number of nitrogens with one attached hydrogen (secondary N) is 2. The lowest BCUT2D eigenvalue weighted by Crippen LogP contribution is -2.14. The largest absolute Gasteiger partial charge is 0.494 e. The second-order valence-corrected chi connectivity index (χ2v) is 8.44. The van der Waals surface area contributed by atoms with E-state index >= 15 is 0 Å². The lowest BCUT2D eigenvalue weighted by molar-refractivity contribution is 0.101. The predicted octanol–water partition coefficient (Wildman–Crippen LogP) is 5.68. The Bertz CT molecular complexity index is 1310. The Balaban J connectivity index is 1.50. The standard InChI is InChI=1S/C24H19ClN4O3S/c1-14-21(33-24(27-14)15-5-7-17(25)8-6-15)23(31)28-18-9-10-19(20(12-18)32-2)29-22(30)16-4-3-11-26-13-16/h3-13H,1-2H3,(H,28,31)(H,29,30). The van der Waals surface area contributed by atoms with Gasteiger partial charge in [-0.05, 0) is 43.3 Å². The molecule has 4 aromatic rings. The van der Waals surface area contributed by atoms with Crippen LogP contribution < -0.4 is 15.4 Å². The van der Waals surface area contributed by atoms with E-state index in [9.17, 15) is 9.59 Å². The third-order valence-electron chi connectivity index (χ3n) is 4.73. The number of hydrogen-bond acceptors (Lipinski definition) is 6. The summed E-state index contributed by atoms with van der Waals surface area (Å²) in [5.41, 5.74) is 2.95. The highest BCUT2D eigenvalue weighted by atomic mass is 35.5. The fraction of sp³-hybridized carbons (Fsp3) is 0.0833. The van der Waals surface area contributed by atoms with Crippen LogP contribution >= 0.6 is 22.9 Å². The minimum absolute atomic E-state index is 0.278. The Morgan fingerprint density at radius 2 is 1.82 bits per heavy atom. The van der Waals surface area contributed by atoms with Crippen molar-refractivity contribution in [1.82, 2.24) is 9.97 Å². The number of anilines is 2. The number of rotatable bonds is 6. The van der Waals surface area contributed by atoms with E-state index in [1.54, 1.807) is 55.6 Å². The van der Waals surface area contributed by atoms with Gasteiger partial charge >= 0.3 is 0 Å². The first-order valence-electron chi connectivity index (χ1n) is 9.88. The topological polar surface area (TPSA) is 93.2 Å². The summed E-state index contributed by atoms with van der Waals surface area (Å²) >= 11 is 7.26. The zero-order valence-corrected chi connectivity index (χ0v) is 19.3. The van der Waals surface area contributed by atoms with Crippen molar-refractivity contribution in [3.63, 3.8) is 0 Å². The fourth-order valence-corrected chi connectivity index (χ4v) is 4.17. The van der Waals surface area contributed by atoms with Gasteiger partial charge in [0.1, 0.15) is 15.6 Å². The monoisotopic (exact) mass is 478 g/mol. The maximum Gasteiger partial charge on any atom is 0.267 e. The number of halogens is 1. The van der Waals surface area contributed by atoms with E-state index in [2.05, 4.69) is 20.6 Å². The van der Waals surface area contributed by atoms with Gasteiger partial charge in [-0.2, -0.15) is 0 Å². The molecule has 0 atom stereocenters. The second-order valence-electron chi connectivity index (χ2n) is 7.01. The first-order valence-corrected chi connectivity index (χ1v) is 11.1. The number of benzene rings is 2. The average Bonchev–Trinajstić information content (AvgIpc) is 3.22. The van der Waals surface area contributed by atoms with Gasteiger partial charge in [0.25, 0.3) is 11.8 Å². The molecule has 4 rings (SSSR count). The minimum atomic E-state index is -0.312. The van der Waals surface area contributed by atoms with Gasteiger partial charge in [-0.15, -0.1) is 11.3 Å². The summed E-state index contributed by atoms with van der Waals surface area (Å²) in [4.78, 5) is 34.3. The predicted molar refractivity (Wildman–Crippen MR) is 130 cm³/mol. The molecule has 0 saturated heterocycles. The summed E-state index contributed by atoms with van der Waals surface area (Å²) in [6.45, 7) is 1.79. The third-order valence-corrected chi connectivity index (χ3v) is 6.18. The third kappa shape index (κ3) is 5.19. The molecule has 0 radical (unpaired) electrons. The number of nitrogens with zero attached hydrogens (tertiary/aromatic N) is 2. The van der Waals surface area contributed by atoms with Crippen molar-refractivity contribution in [3.05, 3.63) is 88.1 Å². The van der Waals surface area contributed by atoms with E-state index in [4.69, 9.17) is 16.3 Å². The number of ether oxygens (including phenoxy) is 1. The molecule has 9 heteroatoms. The van der Waals surface area contributed by atoms with Gasteiger partial charge in [0.2, 0.25) is 0 Å². The Hall–Kier alpha value is -3.75. The van der Waals surface area contributed by atoms with Crippen LogP contribution in [-0.4, -0.2) is 28.9 Å². The van der Waals surface area contributed by atoms with E-state index in [1.165, 1.54) is 24.6 Å². The van der Waals surface area contributed by atoms with Crippen LogP contribution in [0.2, 0.25) is 5.02 Å². The highest BCUT2D eigenvalue weighted by Crippen LogP contribution is 2.31. The molecule has 7 nitrogen and oxygen atoms in total. The van der Waals surface area contributed by atoms with Gasteiger partial charge in [-0.3, -0.25) is 14.6 Å². The molecule has 166 valence electrons. The minimum Gasteiger partial charge on any atom is -0.494 e. The van der Waals surface area contributed by atoms with Gasteiger partial charge < -0.3 is 15.4 Å². The molecular weight excluding hydrogens is 460 g/mol. The summed E-state index contributed by atoms with van der Waals surface area (Å²) in [6, 6.07) is 15.7. The number of carbonyl (C=O) groups is 2. The number of pyridine rings is 1. The Morgan fingerprint density at radius 3 is 2.52 bits per heavy atom. The highest BCUT2D eigenvalue weighted by Gasteiger charge is 2.18. The van der Waals surface area contributed by atoms with E-state index in [0.29, 0.717) is 38.3 Å². The van der Waals surface area contributed by atoms with Crippen LogP contribution in [0.25, 0.3) is 10.6 Å². The van der Waals surface area contributed by atoms with Gasteiger partial charge in [-0.1, -0.05) is 23.7 Å². The van der Waals surface area contributed by atoms with Crippen molar-refractivity contribution in [2.24, 2.45) is 0 Å². The van der Waals surface area contributed by atoms with Crippen LogP contribution in [0, 0.1) is 6.92 Å². The maximum absolute atomic E-state index is 12.9. The van der Waals surface area contributed by atoms with Gasteiger partial charge in [-0.25, -0.2) is 4.98 Å². The molecule has 2 N–H and O–H groups in total. The highest BCUT2D eigenvalue weighted by molar-refractivity contribution is 7.17. The number of amides is 2. The zero-order valence-electron chi connectivity index (χ0n) is 17.8. The molecule has 0 bridgehead atoms. The maximum atomic E-state index is 12.9. The molecule has 33 heavy (non-hydrogen) atoms. The average molecular weight is 479 g/mol. The van der Waals surface area contributed by atoms with Crippen molar-refractivity contribution < 1.29 is 14.3 Å².